The largest absolute Gasteiger partial charge is 0.416 e. The predicted molar refractivity (Wildman–Crippen MR) is 61.8 cm³/mol. The fourth-order valence-electron chi connectivity index (χ4n) is 1.85. The van der Waals surface area contributed by atoms with Crippen molar-refractivity contribution in [2.24, 2.45) is 0 Å². The Balaban J connectivity index is 2.51. The van der Waals surface area contributed by atoms with Crippen molar-refractivity contribution in [1.82, 2.24) is 0 Å². The molecule has 0 aromatic heterocycles. The molecule has 21 heavy (non-hydrogen) atoms. The summed E-state index contributed by atoms with van der Waals surface area (Å²) in [5, 5.41) is 9.87. The lowest BCUT2D eigenvalue weighted by molar-refractivity contribution is -0.137. The number of hydrogen-bond donors (Lipinski definition) is 1. The second kappa shape index (κ2) is 5.40. The summed E-state index contributed by atoms with van der Waals surface area (Å²) in [6, 6.07) is 4.24. The minimum Gasteiger partial charge on any atom is -0.384 e. The van der Waals surface area contributed by atoms with E-state index in [1.54, 1.807) is 0 Å². The molecule has 2 aromatic carbocycles. The fraction of sp³-hybridized carbons (Fsp3) is 0.143. The first-order chi connectivity index (χ1) is 9.70. The molecule has 0 aliphatic heterocycles. The molecule has 0 aliphatic rings. The molecule has 7 heteroatoms. The number of rotatable bonds is 2. The topological polar surface area (TPSA) is 20.2 Å². The maximum Gasteiger partial charge on any atom is 0.416 e. The molecule has 2 rings (SSSR count). The van der Waals surface area contributed by atoms with Crippen molar-refractivity contribution >= 4 is 0 Å². The van der Waals surface area contributed by atoms with Gasteiger partial charge in [0.15, 0.2) is 11.6 Å². The molecule has 1 N–H and O–H groups in total. The van der Waals surface area contributed by atoms with Gasteiger partial charge in [0.2, 0.25) is 0 Å². The van der Waals surface area contributed by atoms with Gasteiger partial charge in [-0.3, -0.25) is 0 Å². The number of aliphatic hydroxyl groups is 1. The highest BCUT2D eigenvalue weighted by molar-refractivity contribution is 5.35. The summed E-state index contributed by atoms with van der Waals surface area (Å²) < 4.78 is 77.5. The molecule has 112 valence electrons. The maximum atomic E-state index is 13.5. The van der Waals surface area contributed by atoms with Crippen LogP contribution in [-0.4, -0.2) is 5.11 Å². The van der Waals surface area contributed by atoms with Gasteiger partial charge >= 0.3 is 6.18 Å². The van der Waals surface area contributed by atoms with Crippen LogP contribution >= 0.6 is 0 Å². The number of hydrogen-bond acceptors (Lipinski definition) is 1. The Labute approximate surface area is 115 Å². The van der Waals surface area contributed by atoms with E-state index in [9.17, 15) is 31.4 Å². The van der Waals surface area contributed by atoms with Crippen LogP contribution in [0.3, 0.4) is 0 Å². The van der Waals surface area contributed by atoms with Crippen LogP contribution in [0.25, 0.3) is 0 Å². The molecule has 0 aliphatic carbocycles. The van der Waals surface area contributed by atoms with E-state index in [0.29, 0.717) is 12.1 Å². The Hall–Kier alpha value is -2.02. The van der Waals surface area contributed by atoms with Crippen molar-refractivity contribution in [3.05, 3.63) is 70.5 Å². The smallest absolute Gasteiger partial charge is 0.384 e. The average Bonchev–Trinajstić information content (AvgIpc) is 2.39. The van der Waals surface area contributed by atoms with Crippen LogP contribution in [0, 0.1) is 17.5 Å². The summed E-state index contributed by atoms with van der Waals surface area (Å²) in [5.41, 5.74) is -2.42. The highest BCUT2D eigenvalue weighted by Crippen LogP contribution is 2.33. The van der Waals surface area contributed by atoms with E-state index in [1.807, 2.05) is 0 Å². The molecule has 0 radical (unpaired) electrons. The van der Waals surface area contributed by atoms with Gasteiger partial charge in [-0.25, -0.2) is 13.2 Å². The summed E-state index contributed by atoms with van der Waals surface area (Å²) in [7, 11) is 0. The maximum absolute atomic E-state index is 13.5. The molecule has 0 saturated carbocycles. The summed E-state index contributed by atoms with van der Waals surface area (Å²) in [4.78, 5) is 0. The van der Waals surface area contributed by atoms with Gasteiger partial charge in [-0.2, -0.15) is 13.2 Å². The molecule has 0 amide bonds. The van der Waals surface area contributed by atoms with Gasteiger partial charge in [0.1, 0.15) is 11.9 Å². The Bertz CT molecular complexity index is 665. The van der Waals surface area contributed by atoms with Crippen LogP contribution in [0.4, 0.5) is 26.3 Å². The lowest BCUT2D eigenvalue weighted by Gasteiger charge is -2.15. The normalized spacial score (nSPS) is 13.3. The average molecular weight is 306 g/mol. The summed E-state index contributed by atoms with van der Waals surface area (Å²) >= 11 is 0. The van der Waals surface area contributed by atoms with E-state index < -0.39 is 46.4 Å². The lowest BCUT2D eigenvalue weighted by Crippen LogP contribution is -2.10. The second-order valence-corrected chi connectivity index (χ2v) is 4.32. The van der Waals surface area contributed by atoms with Crippen molar-refractivity contribution < 1.29 is 31.4 Å². The van der Waals surface area contributed by atoms with Gasteiger partial charge in [-0.15, -0.1) is 0 Å². The highest BCUT2D eigenvalue weighted by atomic mass is 19.4. The van der Waals surface area contributed by atoms with Crippen LogP contribution in [-0.2, 0) is 6.18 Å². The monoisotopic (exact) mass is 306 g/mol. The van der Waals surface area contributed by atoms with E-state index in [1.165, 1.54) is 0 Å². The number of alkyl halides is 3. The number of aliphatic hydroxyl groups excluding tert-OH is 1. The van der Waals surface area contributed by atoms with Gasteiger partial charge in [-0.1, -0.05) is 12.1 Å². The first-order valence-electron chi connectivity index (χ1n) is 5.70. The van der Waals surface area contributed by atoms with Crippen molar-refractivity contribution in [3.63, 3.8) is 0 Å². The third-order valence-corrected chi connectivity index (χ3v) is 2.84. The van der Waals surface area contributed by atoms with Gasteiger partial charge < -0.3 is 5.11 Å². The molecule has 0 spiro atoms. The van der Waals surface area contributed by atoms with Crippen molar-refractivity contribution in [1.29, 1.82) is 0 Å². The zero-order valence-corrected chi connectivity index (χ0v) is 10.3. The molecule has 1 nitrogen and oxygen atoms in total. The van der Waals surface area contributed by atoms with Crippen LogP contribution in [0.2, 0.25) is 0 Å². The third kappa shape index (κ3) is 3.18. The fourth-order valence-corrected chi connectivity index (χ4v) is 1.85. The molecule has 1 atom stereocenters. The van der Waals surface area contributed by atoms with Crippen molar-refractivity contribution in [2.75, 3.05) is 0 Å². The summed E-state index contributed by atoms with van der Waals surface area (Å²) in [6.45, 7) is 0. The van der Waals surface area contributed by atoms with E-state index in [4.69, 9.17) is 0 Å². The SMILES string of the molecule is OC(c1cc(F)cc(C(F)(F)F)c1)c1cccc(F)c1F. The van der Waals surface area contributed by atoms with Crippen LogP contribution in [0.15, 0.2) is 36.4 Å². The van der Waals surface area contributed by atoms with Gasteiger partial charge in [0.05, 0.1) is 5.56 Å². The Morgan fingerprint density at radius 1 is 0.952 bits per heavy atom. The highest BCUT2D eigenvalue weighted by Gasteiger charge is 2.32. The zero-order chi connectivity index (χ0) is 15.8. The molecular formula is C14H8F6O. The van der Waals surface area contributed by atoms with E-state index in [0.717, 1.165) is 18.2 Å². The minimum atomic E-state index is -4.82. The Morgan fingerprint density at radius 2 is 1.62 bits per heavy atom. The predicted octanol–water partition coefficient (Wildman–Crippen LogP) is 4.20. The standard InChI is InChI=1S/C14H8F6O/c15-9-5-7(4-8(6-9)14(18,19)20)13(21)10-2-1-3-11(16)12(10)17/h1-6,13,21H. The van der Waals surface area contributed by atoms with Crippen LogP contribution in [0.5, 0.6) is 0 Å². The van der Waals surface area contributed by atoms with Crippen molar-refractivity contribution in [2.45, 2.75) is 12.3 Å². The summed E-state index contributed by atoms with van der Waals surface area (Å²) in [5.74, 6) is -3.91. The molecule has 0 bridgehead atoms. The lowest BCUT2D eigenvalue weighted by atomic mass is 9.98. The minimum absolute atomic E-state index is 0.248. The summed E-state index contributed by atoms with van der Waals surface area (Å²) in [6.07, 6.45) is -6.74. The van der Waals surface area contributed by atoms with E-state index >= 15 is 0 Å². The molecular weight excluding hydrogens is 298 g/mol. The van der Waals surface area contributed by atoms with Crippen LogP contribution < -0.4 is 0 Å². The van der Waals surface area contributed by atoms with E-state index in [-0.39, 0.29) is 6.07 Å². The first kappa shape index (κ1) is 15.4. The number of halogens is 6. The Kier molecular flexibility index (Phi) is 3.95. The molecule has 0 fully saturated rings. The third-order valence-electron chi connectivity index (χ3n) is 2.84. The zero-order valence-electron chi connectivity index (χ0n) is 10.3. The van der Waals surface area contributed by atoms with Gasteiger partial charge in [-0.05, 0) is 29.8 Å². The first-order valence-corrected chi connectivity index (χ1v) is 5.70. The molecule has 0 heterocycles. The van der Waals surface area contributed by atoms with Crippen LogP contribution in [0.1, 0.15) is 22.8 Å². The van der Waals surface area contributed by atoms with Gasteiger partial charge in [0.25, 0.3) is 0 Å². The van der Waals surface area contributed by atoms with Crippen molar-refractivity contribution in [3.8, 4) is 0 Å². The quantitative estimate of drug-likeness (QED) is 0.824. The molecule has 2 aromatic rings. The molecule has 0 saturated heterocycles. The second-order valence-electron chi connectivity index (χ2n) is 4.32. The van der Waals surface area contributed by atoms with E-state index in [2.05, 4.69) is 0 Å². The molecule has 1 unspecified atom stereocenters. The number of benzene rings is 2. The Morgan fingerprint density at radius 3 is 2.24 bits per heavy atom. The van der Waals surface area contributed by atoms with Gasteiger partial charge in [0, 0.05) is 5.56 Å².